The van der Waals surface area contributed by atoms with E-state index in [1.54, 1.807) is 0 Å². The molecule has 0 aromatic carbocycles. The van der Waals surface area contributed by atoms with E-state index in [1.807, 2.05) is 0 Å². The van der Waals surface area contributed by atoms with Crippen molar-refractivity contribution >= 4 is 0 Å². The fourth-order valence-corrected chi connectivity index (χ4v) is 4.54. The highest BCUT2D eigenvalue weighted by Crippen LogP contribution is 2.41. The second kappa shape index (κ2) is 7.53. The molecule has 2 N–H and O–H groups in total. The lowest BCUT2D eigenvalue weighted by Crippen LogP contribution is -2.32. The predicted molar refractivity (Wildman–Crippen MR) is 79.5 cm³/mol. The van der Waals surface area contributed by atoms with Crippen LogP contribution in [0.1, 0.15) is 77.6 Å². The molecule has 0 aromatic heterocycles. The Bertz CT molecular complexity index is 220. The molecule has 0 saturated heterocycles. The van der Waals surface area contributed by atoms with Crippen molar-refractivity contribution in [3.8, 4) is 0 Å². The molecule has 2 saturated carbocycles. The first-order chi connectivity index (χ1) is 8.83. The fraction of sp³-hybridized carbons (Fsp3) is 1.00. The molecule has 0 spiro atoms. The topological polar surface area (TPSA) is 26.0 Å². The van der Waals surface area contributed by atoms with Crippen LogP contribution < -0.4 is 5.73 Å². The normalized spacial score (nSPS) is 34.7. The van der Waals surface area contributed by atoms with Crippen molar-refractivity contribution in [2.24, 2.45) is 29.4 Å². The predicted octanol–water partition coefficient (Wildman–Crippen LogP) is 4.75. The fourth-order valence-electron chi connectivity index (χ4n) is 4.54. The van der Waals surface area contributed by atoms with E-state index in [0.29, 0.717) is 0 Å². The maximum absolute atomic E-state index is 6.02. The Labute approximate surface area is 114 Å². The number of hydrogen-bond donors (Lipinski definition) is 1. The Hall–Kier alpha value is -0.0400. The third-order valence-corrected chi connectivity index (χ3v) is 5.61. The van der Waals surface area contributed by atoms with Gasteiger partial charge in [-0.2, -0.15) is 0 Å². The Morgan fingerprint density at radius 2 is 1.67 bits per heavy atom. The molecule has 2 rings (SSSR count). The average molecular weight is 251 g/mol. The number of rotatable bonds is 5. The van der Waals surface area contributed by atoms with Crippen LogP contribution in [0, 0.1) is 23.7 Å². The highest BCUT2D eigenvalue weighted by atomic mass is 14.6. The van der Waals surface area contributed by atoms with Crippen LogP contribution in [-0.4, -0.2) is 6.54 Å². The van der Waals surface area contributed by atoms with Gasteiger partial charge in [0.2, 0.25) is 0 Å². The molecule has 18 heavy (non-hydrogen) atoms. The minimum absolute atomic E-state index is 0.847. The molecule has 2 aliphatic carbocycles. The Kier molecular flexibility index (Phi) is 6.01. The van der Waals surface area contributed by atoms with Crippen LogP contribution in [0.25, 0.3) is 0 Å². The van der Waals surface area contributed by atoms with Gasteiger partial charge in [0.15, 0.2) is 0 Å². The summed E-state index contributed by atoms with van der Waals surface area (Å²) in [6.45, 7) is 3.28. The zero-order valence-electron chi connectivity index (χ0n) is 12.4. The van der Waals surface area contributed by atoms with Gasteiger partial charge in [-0.1, -0.05) is 58.3 Å². The van der Waals surface area contributed by atoms with Gasteiger partial charge >= 0.3 is 0 Å². The first-order valence-corrected chi connectivity index (χ1v) is 8.53. The Morgan fingerprint density at radius 1 is 0.889 bits per heavy atom. The minimum Gasteiger partial charge on any atom is -0.330 e. The SMILES string of the molecule is CCCC1CCC(CN)C(CC2CCCCC2)C1. The Morgan fingerprint density at radius 3 is 2.33 bits per heavy atom. The molecule has 0 amide bonds. The van der Waals surface area contributed by atoms with Crippen molar-refractivity contribution in [3.05, 3.63) is 0 Å². The van der Waals surface area contributed by atoms with E-state index in [1.165, 1.54) is 70.6 Å². The van der Waals surface area contributed by atoms with Crippen molar-refractivity contribution in [2.75, 3.05) is 6.54 Å². The molecule has 2 fully saturated rings. The van der Waals surface area contributed by atoms with Gasteiger partial charge in [-0.25, -0.2) is 0 Å². The lowest BCUT2D eigenvalue weighted by atomic mass is 9.68. The van der Waals surface area contributed by atoms with Crippen LogP contribution in [0.2, 0.25) is 0 Å². The van der Waals surface area contributed by atoms with Crippen molar-refractivity contribution < 1.29 is 0 Å². The van der Waals surface area contributed by atoms with Gasteiger partial charge < -0.3 is 5.73 Å². The molecule has 0 radical (unpaired) electrons. The van der Waals surface area contributed by atoms with E-state index in [9.17, 15) is 0 Å². The largest absolute Gasteiger partial charge is 0.330 e. The van der Waals surface area contributed by atoms with Gasteiger partial charge in [0.25, 0.3) is 0 Å². The van der Waals surface area contributed by atoms with Crippen LogP contribution in [0.4, 0.5) is 0 Å². The van der Waals surface area contributed by atoms with Crippen molar-refractivity contribution in [3.63, 3.8) is 0 Å². The van der Waals surface area contributed by atoms with Crippen LogP contribution in [0.15, 0.2) is 0 Å². The molecule has 0 aromatic rings. The van der Waals surface area contributed by atoms with E-state index in [2.05, 4.69) is 6.92 Å². The third kappa shape index (κ3) is 3.98. The molecule has 1 nitrogen and oxygen atoms in total. The van der Waals surface area contributed by atoms with E-state index >= 15 is 0 Å². The molecule has 106 valence electrons. The number of hydrogen-bond acceptors (Lipinski definition) is 1. The lowest BCUT2D eigenvalue weighted by molar-refractivity contribution is 0.137. The second-order valence-corrected chi connectivity index (χ2v) is 6.96. The smallest absolute Gasteiger partial charge is 0.00462 e. The Balaban J connectivity index is 1.84. The van der Waals surface area contributed by atoms with Crippen molar-refractivity contribution in [1.82, 2.24) is 0 Å². The van der Waals surface area contributed by atoms with E-state index < -0.39 is 0 Å². The van der Waals surface area contributed by atoms with Gasteiger partial charge in [-0.3, -0.25) is 0 Å². The van der Waals surface area contributed by atoms with Gasteiger partial charge in [0.05, 0.1) is 0 Å². The first-order valence-electron chi connectivity index (χ1n) is 8.53. The average Bonchev–Trinajstić information content (AvgIpc) is 2.41. The summed E-state index contributed by atoms with van der Waals surface area (Å²) >= 11 is 0. The summed E-state index contributed by atoms with van der Waals surface area (Å²) in [6, 6.07) is 0. The summed E-state index contributed by atoms with van der Waals surface area (Å²) in [7, 11) is 0. The van der Waals surface area contributed by atoms with Crippen LogP contribution in [0.3, 0.4) is 0 Å². The molecule has 3 unspecified atom stereocenters. The van der Waals surface area contributed by atoms with Crippen molar-refractivity contribution in [1.29, 1.82) is 0 Å². The summed E-state index contributed by atoms with van der Waals surface area (Å²) < 4.78 is 0. The molecule has 0 bridgehead atoms. The van der Waals surface area contributed by atoms with Crippen molar-refractivity contribution in [2.45, 2.75) is 77.6 Å². The summed E-state index contributed by atoms with van der Waals surface area (Å²) in [5.74, 6) is 3.87. The summed E-state index contributed by atoms with van der Waals surface area (Å²) in [6.07, 6.45) is 16.2. The second-order valence-electron chi connectivity index (χ2n) is 6.96. The standard InChI is InChI=1S/C17H33N/c1-2-6-14-9-10-16(13-18)17(11-14)12-15-7-4-3-5-8-15/h14-17H,2-13,18H2,1H3. The summed E-state index contributed by atoms with van der Waals surface area (Å²) in [5.41, 5.74) is 6.02. The van der Waals surface area contributed by atoms with Gasteiger partial charge in [0, 0.05) is 0 Å². The van der Waals surface area contributed by atoms with Gasteiger partial charge in [-0.05, 0) is 49.5 Å². The lowest BCUT2D eigenvalue weighted by Gasteiger charge is -2.38. The molecular weight excluding hydrogens is 218 g/mol. The highest BCUT2D eigenvalue weighted by molar-refractivity contribution is 4.83. The van der Waals surface area contributed by atoms with Crippen LogP contribution in [0.5, 0.6) is 0 Å². The van der Waals surface area contributed by atoms with E-state index in [0.717, 1.165) is 30.2 Å². The monoisotopic (exact) mass is 251 g/mol. The first kappa shape index (κ1) is 14.4. The van der Waals surface area contributed by atoms with Crippen LogP contribution in [-0.2, 0) is 0 Å². The van der Waals surface area contributed by atoms with Gasteiger partial charge in [-0.15, -0.1) is 0 Å². The van der Waals surface area contributed by atoms with E-state index in [4.69, 9.17) is 5.73 Å². The molecule has 3 atom stereocenters. The quantitative estimate of drug-likeness (QED) is 0.750. The molecule has 0 aliphatic heterocycles. The summed E-state index contributed by atoms with van der Waals surface area (Å²) in [5, 5.41) is 0. The molecule has 2 aliphatic rings. The van der Waals surface area contributed by atoms with Crippen LogP contribution >= 0.6 is 0 Å². The molecule has 0 heterocycles. The van der Waals surface area contributed by atoms with E-state index in [-0.39, 0.29) is 0 Å². The zero-order valence-corrected chi connectivity index (χ0v) is 12.4. The maximum atomic E-state index is 6.02. The number of nitrogens with two attached hydrogens (primary N) is 1. The molecule has 1 heteroatoms. The zero-order chi connectivity index (χ0) is 12.8. The molecular formula is C17H33N. The highest BCUT2D eigenvalue weighted by Gasteiger charge is 2.31. The maximum Gasteiger partial charge on any atom is -0.00462 e. The summed E-state index contributed by atoms with van der Waals surface area (Å²) in [4.78, 5) is 0. The third-order valence-electron chi connectivity index (χ3n) is 5.61. The van der Waals surface area contributed by atoms with Gasteiger partial charge in [0.1, 0.15) is 0 Å². The minimum atomic E-state index is 0.847.